The molecule has 1 heterocycles. The largest absolute Gasteiger partial charge is 0.372 e. The maximum atomic E-state index is 11.7. The lowest BCUT2D eigenvalue weighted by molar-refractivity contribution is -0.384. The summed E-state index contributed by atoms with van der Waals surface area (Å²) >= 11 is 0. The molecule has 0 aliphatic carbocycles. The first kappa shape index (κ1) is 17.4. The van der Waals surface area contributed by atoms with E-state index in [0.717, 1.165) is 22.4 Å². The summed E-state index contributed by atoms with van der Waals surface area (Å²) in [6, 6.07) is 10.4. The molecule has 2 aromatic carbocycles. The first-order chi connectivity index (χ1) is 12.4. The predicted molar refractivity (Wildman–Crippen MR) is 99.3 cm³/mol. The summed E-state index contributed by atoms with van der Waals surface area (Å²) in [5.41, 5.74) is 3.43. The number of nitrogens with zero attached hydrogens (tertiary/aromatic N) is 3. The summed E-state index contributed by atoms with van der Waals surface area (Å²) in [7, 11) is 3.39. The van der Waals surface area contributed by atoms with Crippen LogP contribution in [0.4, 0.5) is 11.4 Å². The van der Waals surface area contributed by atoms with Crippen molar-refractivity contribution in [1.82, 2.24) is 14.9 Å². The molecule has 26 heavy (non-hydrogen) atoms. The van der Waals surface area contributed by atoms with Crippen LogP contribution in [0.25, 0.3) is 11.0 Å². The minimum Gasteiger partial charge on any atom is -0.372 e. The standard InChI is InChI=1S/C18H19N5O3/c1-11-4-7-15-14(8-11)21-17(22(15)3)10-20-13-6-5-12(18(24)19-2)9-16(13)23(25)26/h4-9,20H,10H2,1-3H3,(H,19,24). The zero-order valence-electron chi connectivity index (χ0n) is 14.7. The first-order valence-corrected chi connectivity index (χ1v) is 8.07. The van der Waals surface area contributed by atoms with Crippen molar-refractivity contribution in [2.24, 2.45) is 7.05 Å². The van der Waals surface area contributed by atoms with Crippen molar-refractivity contribution in [3.05, 3.63) is 63.5 Å². The number of rotatable bonds is 5. The topological polar surface area (TPSA) is 102 Å². The summed E-state index contributed by atoms with van der Waals surface area (Å²) in [4.78, 5) is 27.1. The van der Waals surface area contributed by atoms with Gasteiger partial charge < -0.3 is 15.2 Å². The van der Waals surface area contributed by atoms with E-state index in [1.807, 2.05) is 36.7 Å². The van der Waals surface area contributed by atoms with Gasteiger partial charge in [0.15, 0.2) is 0 Å². The third-order valence-electron chi connectivity index (χ3n) is 4.25. The number of nitrogens with one attached hydrogen (secondary N) is 2. The molecule has 0 aliphatic rings. The van der Waals surface area contributed by atoms with Crippen molar-refractivity contribution in [3.63, 3.8) is 0 Å². The van der Waals surface area contributed by atoms with E-state index in [1.165, 1.54) is 19.2 Å². The summed E-state index contributed by atoms with van der Waals surface area (Å²) in [5, 5.41) is 16.9. The van der Waals surface area contributed by atoms with Crippen molar-refractivity contribution in [2.45, 2.75) is 13.5 Å². The molecule has 0 spiro atoms. The number of fused-ring (bicyclic) bond motifs is 1. The Morgan fingerprint density at radius 2 is 2.04 bits per heavy atom. The third kappa shape index (κ3) is 3.21. The van der Waals surface area contributed by atoms with Gasteiger partial charge in [0.05, 0.1) is 22.5 Å². The van der Waals surface area contributed by atoms with E-state index in [1.54, 1.807) is 6.07 Å². The van der Waals surface area contributed by atoms with Crippen LogP contribution in [0, 0.1) is 17.0 Å². The smallest absolute Gasteiger partial charge is 0.293 e. The molecule has 0 saturated heterocycles. The molecule has 1 amide bonds. The number of benzene rings is 2. The minimum absolute atomic E-state index is 0.152. The van der Waals surface area contributed by atoms with E-state index in [9.17, 15) is 14.9 Å². The summed E-state index contributed by atoms with van der Waals surface area (Å²) in [6.45, 7) is 2.33. The van der Waals surface area contributed by atoms with E-state index >= 15 is 0 Å². The van der Waals surface area contributed by atoms with Gasteiger partial charge in [0.1, 0.15) is 11.5 Å². The molecule has 0 atom stereocenters. The highest BCUT2D eigenvalue weighted by atomic mass is 16.6. The predicted octanol–water partition coefficient (Wildman–Crippen LogP) is 2.76. The Balaban J connectivity index is 1.89. The second kappa shape index (κ2) is 6.83. The van der Waals surface area contributed by atoms with Gasteiger partial charge in [-0.2, -0.15) is 0 Å². The van der Waals surface area contributed by atoms with Gasteiger partial charge in [-0.3, -0.25) is 14.9 Å². The number of imidazole rings is 1. The van der Waals surface area contributed by atoms with Gasteiger partial charge >= 0.3 is 0 Å². The van der Waals surface area contributed by atoms with Crippen LogP contribution in [-0.4, -0.2) is 27.4 Å². The number of nitro benzene ring substituents is 1. The molecule has 8 heteroatoms. The monoisotopic (exact) mass is 353 g/mol. The Hall–Kier alpha value is -3.42. The maximum Gasteiger partial charge on any atom is 0.293 e. The fraction of sp³-hybridized carbons (Fsp3) is 0.222. The molecule has 0 unspecified atom stereocenters. The number of aryl methyl sites for hydroxylation is 2. The van der Waals surface area contributed by atoms with Crippen molar-refractivity contribution >= 4 is 28.3 Å². The van der Waals surface area contributed by atoms with Gasteiger partial charge in [0, 0.05) is 25.7 Å². The zero-order valence-corrected chi connectivity index (χ0v) is 14.7. The van der Waals surface area contributed by atoms with Crippen molar-refractivity contribution in [3.8, 4) is 0 Å². The van der Waals surface area contributed by atoms with Crippen molar-refractivity contribution in [2.75, 3.05) is 12.4 Å². The number of hydrogen-bond acceptors (Lipinski definition) is 5. The lowest BCUT2D eigenvalue weighted by atomic mass is 10.1. The molecule has 0 bridgehead atoms. The Kier molecular flexibility index (Phi) is 4.57. The second-order valence-electron chi connectivity index (χ2n) is 6.00. The Labute approximate surface area is 150 Å². The number of carbonyl (C=O) groups is 1. The molecule has 2 N–H and O–H groups in total. The fourth-order valence-electron chi connectivity index (χ4n) is 2.81. The van der Waals surface area contributed by atoms with Gasteiger partial charge in [0.2, 0.25) is 0 Å². The van der Waals surface area contributed by atoms with Gasteiger partial charge in [0.25, 0.3) is 11.6 Å². The fourth-order valence-corrected chi connectivity index (χ4v) is 2.81. The number of amides is 1. The lowest BCUT2D eigenvalue weighted by Crippen LogP contribution is -2.18. The van der Waals surface area contributed by atoms with Crippen LogP contribution in [0.15, 0.2) is 36.4 Å². The van der Waals surface area contributed by atoms with E-state index in [-0.39, 0.29) is 17.2 Å². The van der Waals surface area contributed by atoms with Crippen LogP contribution in [0.3, 0.4) is 0 Å². The molecule has 1 aromatic heterocycles. The Morgan fingerprint density at radius 3 is 2.73 bits per heavy atom. The lowest BCUT2D eigenvalue weighted by Gasteiger charge is -2.08. The highest BCUT2D eigenvalue weighted by Crippen LogP contribution is 2.26. The van der Waals surface area contributed by atoms with Crippen LogP contribution in [-0.2, 0) is 13.6 Å². The molecule has 0 aliphatic heterocycles. The van der Waals surface area contributed by atoms with Crippen LogP contribution >= 0.6 is 0 Å². The average Bonchev–Trinajstić information content (AvgIpc) is 2.94. The quantitative estimate of drug-likeness (QED) is 0.542. The third-order valence-corrected chi connectivity index (χ3v) is 4.25. The van der Waals surface area contributed by atoms with Crippen molar-refractivity contribution < 1.29 is 9.72 Å². The summed E-state index contributed by atoms with van der Waals surface area (Å²) in [6.07, 6.45) is 0. The number of aromatic nitrogens is 2. The molecule has 3 aromatic rings. The molecule has 8 nitrogen and oxygen atoms in total. The van der Waals surface area contributed by atoms with E-state index < -0.39 is 4.92 Å². The highest BCUT2D eigenvalue weighted by Gasteiger charge is 2.18. The maximum absolute atomic E-state index is 11.7. The molecule has 3 rings (SSSR count). The molecule has 0 radical (unpaired) electrons. The van der Waals surface area contributed by atoms with E-state index in [4.69, 9.17) is 0 Å². The zero-order chi connectivity index (χ0) is 18.8. The Bertz CT molecular complexity index is 1010. The summed E-state index contributed by atoms with van der Waals surface area (Å²) in [5.74, 6) is 0.389. The molecule has 0 fully saturated rings. The normalized spacial score (nSPS) is 10.7. The van der Waals surface area contributed by atoms with E-state index in [0.29, 0.717) is 12.2 Å². The first-order valence-electron chi connectivity index (χ1n) is 8.07. The van der Waals surface area contributed by atoms with Crippen LogP contribution in [0.1, 0.15) is 21.7 Å². The van der Waals surface area contributed by atoms with Crippen LogP contribution in [0.5, 0.6) is 0 Å². The number of carbonyl (C=O) groups excluding carboxylic acids is 1. The second-order valence-corrected chi connectivity index (χ2v) is 6.00. The number of nitro groups is 1. The molecule has 134 valence electrons. The van der Waals surface area contributed by atoms with Crippen LogP contribution < -0.4 is 10.6 Å². The van der Waals surface area contributed by atoms with E-state index in [2.05, 4.69) is 15.6 Å². The van der Waals surface area contributed by atoms with Crippen molar-refractivity contribution in [1.29, 1.82) is 0 Å². The highest BCUT2D eigenvalue weighted by molar-refractivity contribution is 5.95. The molecular weight excluding hydrogens is 334 g/mol. The van der Waals surface area contributed by atoms with Gasteiger partial charge in [-0.05, 0) is 36.8 Å². The average molecular weight is 353 g/mol. The van der Waals surface area contributed by atoms with Gasteiger partial charge in [-0.25, -0.2) is 4.98 Å². The molecular formula is C18H19N5O3. The Morgan fingerprint density at radius 1 is 1.27 bits per heavy atom. The van der Waals surface area contributed by atoms with Gasteiger partial charge in [-0.1, -0.05) is 6.07 Å². The van der Waals surface area contributed by atoms with Gasteiger partial charge in [-0.15, -0.1) is 0 Å². The number of anilines is 1. The summed E-state index contributed by atoms with van der Waals surface area (Å²) < 4.78 is 1.95. The SMILES string of the molecule is CNC(=O)c1ccc(NCc2nc3cc(C)ccc3n2C)c([N+](=O)[O-])c1. The minimum atomic E-state index is -0.507. The molecule has 0 saturated carbocycles. The number of hydrogen-bond donors (Lipinski definition) is 2. The van der Waals surface area contributed by atoms with Crippen LogP contribution in [0.2, 0.25) is 0 Å².